The zero-order valence-electron chi connectivity index (χ0n) is 9.50. The minimum Gasteiger partial charge on any atom is -0.358 e. The molecule has 0 spiro atoms. The van der Waals surface area contributed by atoms with Gasteiger partial charge in [-0.25, -0.2) is 9.79 Å². The molecule has 2 rings (SSSR count). The van der Waals surface area contributed by atoms with Crippen molar-refractivity contribution in [2.75, 3.05) is 6.54 Å². The summed E-state index contributed by atoms with van der Waals surface area (Å²) in [4.78, 5) is 17.0. The van der Waals surface area contributed by atoms with Crippen LogP contribution in [0.2, 0.25) is 0 Å². The maximum Gasteiger partial charge on any atom is 0.234 e. The van der Waals surface area contributed by atoms with Crippen LogP contribution in [0.25, 0.3) is 10.9 Å². The van der Waals surface area contributed by atoms with E-state index in [9.17, 15) is 4.79 Å². The number of isocyanates is 1. The van der Waals surface area contributed by atoms with Crippen molar-refractivity contribution in [2.45, 2.75) is 20.3 Å². The monoisotopic (exact) mass is 214 g/mol. The van der Waals surface area contributed by atoms with Crippen LogP contribution in [0.15, 0.2) is 23.2 Å². The van der Waals surface area contributed by atoms with Gasteiger partial charge in [0.2, 0.25) is 6.08 Å². The van der Waals surface area contributed by atoms with Crippen LogP contribution in [-0.2, 0) is 11.2 Å². The van der Waals surface area contributed by atoms with E-state index in [4.69, 9.17) is 0 Å². The predicted octanol–water partition coefficient (Wildman–Crippen LogP) is 2.66. The smallest absolute Gasteiger partial charge is 0.234 e. The molecule has 0 saturated carbocycles. The van der Waals surface area contributed by atoms with Gasteiger partial charge in [0.15, 0.2) is 0 Å². The van der Waals surface area contributed by atoms with E-state index in [1.165, 1.54) is 16.5 Å². The summed E-state index contributed by atoms with van der Waals surface area (Å²) in [6.07, 6.45) is 2.36. The van der Waals surface area contributed by atoms with E-state index < -0.39 is 0 Å². The largest absolute Gasteiger partial charge is 0.358 e. The molecule has 0 aliphatic rings. The average Bonchev–Trinajstić information content (AvgIpc) is 2.56. The number of hydrogen-bond acceptors (Lipinski definition) is 2. The highest BCUT2D eigenvalue weighted by Crippen LogP contribution is 2.23. The number of aryl methyl sites for hydroxylation is 2. The summed E-state index contributed by atoms with van der Waals surface area (Å²) >= 11 is 0. The van der Waals surface area contributed by atoms with Gasteiger partial charge in [0.1, 0.15) is 0 Å². The Balaban J connectivity index is 2.45. The summed E-state index contributed by atoms with van der Waals surface area (Å²) in [5, 5.41) is 1.23. The number of benzene rings is 1. The number of aromatic nitrogens is 1. The van der Waals surface area contributed by atoms with Crippen molar-refractivity contribution in [1.29, 1.82) is 0 Å². The van der Waals surface area contributed by atoms with E-state index in [2.05, 4.69) is 42.0 Å². The van der Waals surface area contributed by atoms with Crippen LogP contribution in [0.4, 0.5) is 0 Å². The van der Waals surface area contributed by atoms with Crippen molar-refractivity contribution in [3.8, 4) is 0 Å². The first-order chi connectivity index (χ1) is 7.72. The first kappa shape index (κ1) is 10.7. The first-order valence-electron chi connectivity index (χ1n) is 5.34. The maximum absolute atomic E-state index is 10.0. The maximum atomic E-state index is 10.0. The van der Waals surface area contributed by atoms with Gasteiger partial charge in [0, 0.05) is 16.6 Å². The Morgan fingerprint density at radius 2 is 2.19 bits per heavy atom. The van der Waals surface area contributed by atoms with Crippen molar-refractivity contribution >= 4 is 17.0 Å². The molecule has 0 unspecified atom stereocenters. The number of aliphatic imine (C=N–C) groups is 1. The van der Waals surface area contributed by atoms with Crippen LogP contribution >= 0.6 is 0 Å². The van der Waals surface area contributed by atoms with Gasteiger partial charge in [-0.15, -0.1) is 0 Å². The molecule has 0 fully saturated rings. The molecule has 1 N–H and O–H groups in total. The first-order valence-corrected chi connectivity index (χ1v) is 5.34. The summed E-state index contributed by atoms with van der Waals surface area (Å²) in [7, 11) is 0. The van der Waals surface area contributed by atoms with Crippen LogP contribution in [0.1, 0.15) is 16.8 Å². The SMILES string of the molecule is Cc1ccc2[nH]c(C)c(CCN=C=O)c2c1. The van der Waals surface area contributed by atoms with Crippen molar-refractivity contribution in [1.82, 2.24) is 4.98 Å². The molecule has 0 radical (unpaired) electrons. The lowest BCUT2D eigenvalue weighted by molar-refractivity contribution is 0.563. The van der Waals surface area contributed by atoms with E-state index >= 15 is 0 Å². The molecule has 82 valence electrons. The molecule has 2 aromatic rings. The van der Waals surface area contributed by atoms with Crippen LogP contribution in [0.5, 0.6) is 0 Å². The Bertz CT molecular complexity index is 563. The standard InChI is InChI=1S/C13H14N2O/c1-9-3-4-13-12(7-9)11(10(2)15-13)5-6-14-8-16/h3-4,7,15H,5-6H2,1-2H3. The minimum atomic E-state index is 0.505. The molecule has 1 heterocycles. The number of carbonyl (C=O) groups excluding carboxylic acids is 1. The van der Waals surface area contributed by atoms with Crippen molar-refractivity contribution in [2.24, 2.45) is 4.99 Å². The Morgan fingerprint density at radius 3 is 2.94 bits per heavy atom. The lowest BCUT2D eigenvalue weighted by Crippen LogP contribution is -1.90. The van der Waals surface area contributed by atoms with Crippen LogP contribution in [0.3, 0.4) is 0 Å². The molecule has 16 heavy (non-hydrogen) atoms. The van der Waals surface area contributed by atoms with Crippen molar-refractivity contribution in [3.63, 3.8) is 0 Å². The molecule has 3 nitrogen and oxygen atoms in total. The number of rotatable bonds is 3. The lowest BCUT2D eigenvalue weighted by Gasteiger charge is -1.98. The molecule has 0 amide bonds. The third-order valence-corrected chi connectivity index (χ3v) is 2.81. The number of hydrogen-bond donors (Lipinski definition) is 1. The molecule has 0 bridgehead atoms. The Hall–Kier alpha value is -1.86. The van der Waals surface area contributed by atoms with Gasteiger partial charge >= 0.3 is 0 Å². The molecule has 0 aliphatic heterocycles. The molecule has 0 aliphatic carbocycles. The highest BCUT2D eigenvalue weighted by atomic mass is 16.1. The second-order valence-electron chi connectivity index (χ2n) is 4.00. The van der Waals surface area contributed by atoms with Crippen molar-refractivity contribution < 1.29 is 4.79 Å². The molecule has 3 heteroatoms. The van der Waals surface area contributed by atoms with Crippen LogP contribution in [0, 0.1) is 13.8 Å². The number of H-pyrrole nitrogens is 1. The van der Waals surface area contributed by atoms with Gasteiger partial charge < -0.3 is 4.98 Å². The summed E-state index contributed by atoms with van der Waals surface area (Å²) in [5.74, 6) is 0. The van der Waals surface area contributed by atoms with E-state index in [1.54, 1.807) is 6.08 Å². The van der Waals surface area contributed by atoms with E-state index in [0.29, 0.717) is 6.54 Å². The summed E-state index contributed by atoms with van der Waals surface area (Å²) < 4.78 is 0. The summed E-state index contributed by atoms with van der Waals surface area (Å²) in [6.45, 7) is 4.63. The quantitative estimate of drug-likeness (QED) is 0.619. The molecule has 0 saturated heterocycles. The number of fused-ring (bicyclic) bond motifs is 1. The number of nitrogens with one attached hydrogen (secondary N) is 1. The lowest BCUT2D eigenvalue weighted by atomic mass is 10.1. The van der Waals surface area contributed by atoms with Gasteiger partial charge in [-0.1, -0.05) is 11.6 Å². The Labute approximate surface area is 94.2 Å². The van der Waals surface area contributed by atoms with Gasteiger partial charge in [-0.05, 0) is 38.0 Å². The third-order valence-electron chi connectivity index (χ3n) is 2.81. The van der Waals surface area contributed by atoms with Crippen molar-refractivity contribution in [3.05, 3.63) is 35.0 Å². The highest BCUT2D eigenvalue weighted by molar-refractivity contribution is 5.85. The normalized spacial score (nSPS) is 10.4. The third kappa shape index (κ3) is 1.90. The van der Waals surface area contributed by atoms with Crippen LogP contribution < -0.4 is 0 Å². The second-order valence-corrected chi connectivity index (χ2v) is 4.00. The molecule has 1 aromatic carbocycles. The van der Waals surface area contributed by atoms with E-state index in [0.717, 1.165) is 17.6 Å². The topological polar surface area (TPSA) is 45.2 Å². The van der Waals surface area contributed by atoms with Gasteiger partial charge in [-0.2, -0.15) is 0 Å². The van der Waals surface area contributed by atoms with Gasteiger partial charge in [0.05, 0.1) is 6.54 Å². The van der Waals surface area contributed by atoms with Gasteiger partial charge in [0.25, 0.3) is 0 Å². The fourth-order valence-corrected chi connectivity index (χ4v) is 2.03. The van der Waals surface area contributed by atoms with E-state index in [1.807, 2.05) is 0 Å². The number of aromatic amines is 1. The molecule has 1 aromatic heterocycles. The zero-order valence-corrected chi connectivity index (χ0v) is 9.50. The Morgan fingerprint density at radius 1 is 1.38 bits per heavy atom. The highest BCUT2D eigenvalue weighted by Gasteiger charge is 2.07. The average molecular weight is 214 g/mol. The van der Waals surface area contributed by atoms with Crippen LogP contribution in [-0.4, -0.2) is 17.6 Å². The predicted molar refractivity (Wildman–Crippen MR) is 64.5 cm³/mol. The second kappa shape index (κ2) is 4.33. The molecular weight excluding hydrogens is 200 g/mol. The fourth-order valence-electron chi connectivity index (χ4n) is 2.03. The summed E-state index contributed by atoms with van der Waals surface area (Å²) in [6, 6.07) is 6.34. The van der Waals surface area contributed by atoms with E-state index in [-0.39, 0.29) is 0 Å². The zero-order chi connectivity index (χ0) is 11.5. The number of nitrogens with zero attached hydrogens (tertiary/aromatic N) is 1. The molecule has 0 atom stereocenters. The summed E-state index contributed by atoms with van der Waals surface area (Å²) in [5.41, 5.74) is 4.79. The molecular formula is C13H14N2O. The Kier molecular flexibility index (Phi) is 2.88. The van der Waals surface area contributed by atoms with Gasteiger partial charge in [-0.3, -0.25) is 0 Å². The fraction of sp³-hybridized carbons (Fsp3) is 0.308. The minimum absolute atomic E-state index is 0.505.